The van der Waals surface area contributed by atoms with Gasteiger partial charge in [-0.1, -0.05) is 12.1 Å². The maximum absolute atomic E-state index is 12.2. The van der Waals surface area contributed by atoms with Crippen molar-refractivity contribution in [3.05, 3.63) is 29.8 Å². The van der Waals surface area contributed by atoms with Gasteiger partial charge in [0.25, 0.3) is 0 Å². The molecule has 0 fully saturated rings. The first-order chi connectivity index (χ1) is 9.85. The van der Waals surface area contributed by atoms with Gasteiger partial charge in [0.1, 0.15) is 5.75 Å². The number of methoxy groups -OCH3 is 1. The summed E-state index contributed by atoms with van der Waals surface area (Å²) in [4.78, 5) is 25.3. The van der Waals surface area contributed by atoms with E-state index in [-0.39, 0.29) is 30.3 Å². The smallest absolute Gasteiger partial charge is 0.224 e. The van der Waals surface area contributed by atoms with E-state index >= 15 is 0 Å². The Morgan fingerprint density at radius 3 is 2.24 bits per heavy atom. The lowest BCUT2D eigenvalue weighted by molar-refractivity contribution is -0.132. The Morgan fingerprint density at radius 2 is 1.81 bits per heavy atom. The SMILES string of the molecule is COc1ccc(C(CC(=O)N(C)C(C)C)NC(C)=O)cc1. The van der Waals surface area contributed by atoms with Crippen LogP contribution in [0.4, 0.5) is 0 Å². The summed E-state index contributed by atoms with van der Waals surface area (Å²) in [6.45, 7) is 5.37. The minimum absolute atomic E-state index is 0.000400. The molecule has 1 aromatic rings. The van der Waals surface area contributed by atoms with Crippen LogP contribution in [0.25, 0.3) is 0 Å². The van der Waals surface area contributed by atoms with Crippen LogP contribution in [0.5, 0.6) is 5.75 Å². The number of nitrogens with zero attached hydrogens (tertiary/aromatic N) is 1. The van der Waals surface area contributed by atoms with Crippen LogP contribution < -0.4 is 10.1 Å². The second-order valence-electron chi connectivity index (χ2n) is 5.33. The van der Waals surface area contributed by atoms with Crippen molar-refractivity contribution in [3.8, 4) is 5.75 Å². The molecule has 0 bridgehead atoms. The second-order valence-corrected chi connectivity index (χ2v) is 5.33. The molecule has 0 aliphatic rings. The van der Waals surface area contributed by atoms with Gasteiger partial charge in [0.15, 0.2) is 0 Å². The lowest BCUT2D eigenvalue weighted by Gasteiger charge is -2.25. The third-order valence-electron chi connectivity index (χ3n) is 3.44. The molecule has 0 saturated carbocycles. The van der Waals surface area contributed by atoms with Gasteiger partial charge < -0.3 is 15.0 Å². The number of benzene rings is 1. The number of hydrogen-bond donors (Lipinski definition) is 1. The van der Waals surface area contributed by atoms with E-state index in [0.29, 0.717) is 0 Å². The number of hydrogen-bond acceptors (Lipinski definition) is 3. The maximum atomic E-state index is 12.2. The van der Waals surface area contributed by atoms with Crippen LogP contribution in [0.2, 0.25) is 0 Å². The number of nitrogens with one attached hydrogen (secondary N) is 1. The minimum Gasteiger partial charge on any atom is -0.497 e. The number of carbonyl (C=O) groups excluding carboxylic acids is 2. The zero-order valence-electron chi connectivity index (χ0n) is 13.3. The predicted octanol–water partition coefficient (Wildman–Crippen LogP) is 2.13. The quantitative estimate of drug-likeness (QED) is 0.874. The lowest BCUT2D eigenvalue weighted by atomic mass is 10.0. The normalized spacial score (nSPS) is 11.9. The Morgan fingerprint density at radius 1 is 1.24 bits per heavy atom. The maximum Gasteiger partial charge on any atom is 0.224 e. The number of carbonyl (C=O) groups is 2. The van der Waals surface area contributed by atoms with Crippen molar-refractivity contribution in [2.75, 3.05) is 14.2 Å². The molecule has 116 valence electrons. The van der Waals surface area contributed by atoms with Gasteiger partial charge in [-0.15, -0.1) is 0 Å². The monoisotopic (exact) mass is 292 g/mol. The molecule has 0 radical (unpaired) electrons. The first-order valence-corrected chi connectivity index (χ1v) is 7.01. The third-order valence-corrected chi connectivity index (χ3v) is 3.44. The highest BCUT2D eigenvalue weighted by molar-refractivity contribution is 5.79. The van der Waals surface area contributed by atoms with Crippen molar-refractivity contribution in [2.45, 2.75) is 39.3 Å². The van der Waals surface area contributed by atoms with Gasteiger partial charge >= 0.3 is 0 Å². The molecule has 0 aliphatic carbocycles. The van der Waals surface area contributed by atoms with Crippen LogP contribution in [0, 0.1) is 0 Å². The van der Waals surface area contributed by atoms with E-state index in [4.69, 9.17) is 4.74 Å². The minimum atomic E-state index is -0.331. The molecule has 1 unspecified atom stereocenters. The van der Waals surface area contributed by atoms with Crippen molar-refractivity contribution in [3.63, 3.8) is 0 Å². The number of amides is 2. The highest BCUT2D eigenvalue weighted by Gasteiger charge is 2.20. The van der Waals surface area contributed by atoms with Crippen molar-refractivity contribution in [1.82, 2.24) is 10.2 Å². The molecule has 1 rings (SSSR count). The van der Waals surface area contributed by atoms with Gasteiger partial charge in [-0.25, -0.2) is 0 Å². The third kappa shape index (κ3) is 5.10. The largest absolute Gasteiger partial charge is 0.497 e. The summed E-state index contributed by atoms with van der Waals surface area (Å²) in [6.07, 6.45) is 0.237. The number of ether oxygens (including phenoxy) is 1. The Hall–Kier alpha value is -2.04. The highest BCUT2D eigenvalue weighted by atomic mass is 16.5. The standard InChI is InChI=1S/C16H24N2O3/c1-11(2)18(4)16(20)10-15(17-12(3)19)13-6-8-14(21-5)9-7-13/h6-9,11,15H,10H2,1-5H3,(H,17,19). The first kappa shape index (κ1) is 17.0. The molecular formula is C16H24N2O3. The van der Waals surface area contributed by atoms with Crippen LogP contribution in [0.3, 0.4) is 0 Å². The van der Waals surface area contributed by atoms with Gasteiger partial charge in [0, 0.05) is 20.0 Å². The molecule has 5 nitrogen and oxygen atoms in total. The fourth-order valence-electron chi connectivity index (χ4n) is 1.94. The molecule has 0 heterocycles. The average Bonchev–Trinajstić information content (AvgIpc) is 2.45. The molecule has 21 heavy (non-hydrogen) atoms. The van der Waals surface area contributed by atoms with Crippen molar-refractivity contribution < 1.29 is 14.3 Å². The van der Waals surface area contributed by atoms with E-state index in [0.717, 1.165) is 11.3 Å². The predicted molar refractivity (Wildman–Crippen MR) is 82.1 cm³/mol. The van der Waals surface area contributed by atoms with Gasteiger partial charge in [-0.3, -0.25) is 9.59 Å². The lowest BCUT2D eigenvalue weighted by Crippen LogP contribution is -2.37. The molecule has 0 aromatic heterocycles. The van der Waals surface area contributed by atoms with Gasteiger partial charge in [0.05, 0.1) is 19.6 Å². The molecular weight excluding hydrogens is 268 g/mol. The fourth-order valence-corrected chi connectivity index (χ4v) is 1.94. The van der Waals surface area contributed by atoms with Crippen LogP contribution in [-0.2, 0) is 9.59 Å². The van der Waals surface area contributed by atoms with Crippen molar-refractivity contribution in [1.29, 1.82) is 0 Å². The van der Waals surface area contributed by atoms with E-state index in [2.05, 4.69) is 5.32 Å². The molecule has 1 N–H and O–H groups in total. The van der Waals surface area contributed by atoms with Gasteiger partial charge in [-0.2, -0.15) is 0 Å². The average molecular weight is 292 g/mol. The molecule has 2 amide bonds. The second kappa shape index (κ2) is 7.67. The summed E-state index contributed by atoms with van der Waals surface area (Å²) in [5.41, 5.74) is 0.886. The summed E-state index contributed by atoms with van der Waals surface area (Å²) in [6, 6.07) is 7.17. The van der Waals surface area contributed by atoms with Crippen LogP contribution in [0.1, 0.15) is 38.8 Å². The Kier molecular flexibility index (Phi) is 6.21. The zero-order chi connectivity index (χ0) is 16.0. The van der Waals surface area contributed by atoms with E-state index in [1.165, 1.54) is 6.92 Å². The molecule has 0 saturated heterocycles. The molecule has 0 spiro atoms. The Bertz CT molecular complexity index is 483. The molecule has 1 aromatic carbocycles. The summed E-state index contributed by atoms with van der Waals surface area (Å²) in [5, 5.41) is 2.83. The fraction of sp³-hybridized carbons (Fsp3) is 0.500. The molecule has 0 aliphatic heterocycles. The van der Waals surface area contributed by atoms with E-state index in [1.54, 1.807) is 19.1 Å². The van der Waals surface area contributed by atoms with Gasteiger partial charge in [0.2, 0.25) is 11.8 Å². The van der Waals surface area contributed by atoms with Crippen LogP contribution >= 0.6 is 0 Å². The summed E-state index contributed by atoms with van der Waals surface area (Å²) in [7, 11) is 3.37. The van der Waals surface area contributed by atoms with Crippen LogP contribution in [0.15, 0.2) is 24.3 Å². The molecule has 5 heteroatoms. The summed E-state index contributed by atoms with van der Waals surface area (Å²) < 4.78 is 5.12. The van der Waals surface area contributed by atoms with E-state index in [9.17, 15) is 9.59 Å². The molecule has 1 atom stereocenters. The zero-order valence-corrected chi connectivity index (χ0v) is 13.3. The Balaban J connectivity index is 2.89. The van der Waals surface area contributed by atoms with Crippen molar-refractivity contribution >= 4 is 11.8 Å². The highest BCUT2D eigenvalue weighted by Crippen LogP contribution is 2.21. The van der Waals surface area contributed by atoms with Crippen LogP contribution in [-0.4, -0.2) is 36.9 Å². The summed E-state index contributed by atoms with van der Waals surface area (Å²) >= 11 is 0. The van der Waals surface area contributed by atoms with E-state index < -0.39 is 0 Å². The number of rotatable bonds is 6. The van der Waals surface area contributed by atoms with Gasteiger partial charge in [-0.05, 0) is 31.5 Å². The topological polar surface area (TPSA) is 58.6 Å². The van der Waals surface area contributed by atoms with E-state index in [1.807, 2.05) is 38.1 Å². The Labute approximate surface area is 126 Å². The first-order valence-electron chi connectivity index (χ1n) is 7.01. The summed E-state index contributed by atoms with van der Waals surface area (Å²) in [5.74, 6) is 0.585. The van der Waals surface area contributed by atoms with Crippen molar-refractivity contribution in [2.24, 2.45) is 0 Å².